The van der Waals surface area contributed by atoms with Gasteiger partial charge >= 0.3 is 0 Å². The summed E-state index contributed by atoms with van der Waals surface area (Å²) in [6.45, 7) is 2.96. The number of halogens is 1. The van der Waals surface area contributed by atoms with E-state index in [4.69, 9.17) is 9.47 Å². The summed E-state index contributed by atoms with van der Waals surface area (Å²) < 4.78 is 51.3. The molecule has 168 valence electrons. The number of hydrogen-bond donors (Lipinski definition) is 2. The van der Waals surface area contributed by atoms with Gasteiger partial charge in [-0.1, -0.05) is 18.6 Å². The van der Waals surface area contributed by atoms with Crippen LogP contribution < -0.4 is 19.5 Å². The van der Waals surface area contributed by atoms with Gasteiger partial charge in [0.25, 0.3) is 0 Å². The molecular weight excluding hydrogens is 423 g/mol. The van der Waals surface area contributed by atoms with Crippen LogP contribution in [0.1, 0.15) is 44.2 Å². The second-order valence-electron chi connectivity index (χ2n) is 7.35. The zero-order valence-electron chi connectivity index (χ0n) is 17.4. The van der Waals surface area contributed by atoms with Crippen molar-refractivity contribution in [2.75, 3.05) is 19.8 Å². The predicted octanol–water partition coefficient (Wildman–Crippen LogP) is 3.31. The third kappa shape index (κ3) is 6.67. The lowest BCUT2D eigenvalue weighted by atomic mass is 10.1. The third-order valence-corrected chi connectivity index (χ3v) is 6.40. The van der Waals surface area contributed by atoms with E-state index in [-0.39, 0.29) is 29.2 Å². The number of carbonyl (C=O) groups is 1. The standard InChI is InChI=1S/C22H27FN2O5S/c1-16(17-6-8-18(23)9-7-17)25-22(26)5-3-2-4-12-24-31(27,28)19-10-11-20-21(15-19)30-14-13-29-20/h6-11,15-16,24H,2-5,12-14H2,1H3,(H,25,26). The van der Waals surface area contributed by atoms with Gasteiger partial charge in [-0.2, -0.15) is 0 Å². The van der Waals surface area contributed by atoms with Crippen molar-refractivity contribution in [2.45, 2.75) is 43.5 Å². The van der Waals surface area contributed by atoms with Crippen molar-refractivity contribution in [1.29, 1.82) is 0 Å². The Kier molecular flexibility index (Phi) is 7.86. The monoisotopic (exact) mass is 450 g/mol. The molecule has 1 unspecified atom stereocenters. The third-order valence-electron chi connectivity index (χ3n) is 4.94. The Morgan fingerprint density at radius 3 is 2.48 bits per heavy atom. The van der Waals surface area contributed by atoms with Crippen LogP contribution in [0, 0.1) is 5.82 Å². The van der Waals surface area contributed by atoms with Crippen LogP contribution in [0.2, 0.25) is 0 Å². The van der Waals surface area contributed by atoms with E-state index in [2.05, 4.69) is 10.0 Å². The van der Waals surface area contributed by atoms with Gasteiger partial charge in [-0.3, -0.25) is 4.79 Å². The molecule has 0 fully saturated rings. The summed E-state index contributed by atoms with van der Waals surface area (Å²) in [5, 5.41) is 2.88. The Hall–Kier alpha value is -2.65. The first kappa shape index (κ1) is 23.0. The van der Waals surface area contributed by atoms with E-state index in [1.165, 1.54) is 24.3 Å². The molecule has 2 N–H and O–H groups in total. The molecule has 0 radical (unpaired) electrons. The van der Waals surface area contributed by atoms with Crippen LogP contribution in [0.3, 0.4) is 0 Å². The Bertz CT molecular complexity index is 995. The molecule has 31 heavy (non-hydrogen) atoms. The summed E-state index contributed by atoms with van der Waals surface area (Å²) in [6.07, 6.45) is 2.32. The zero-order chi connectivity index (χ0) is 22.3. The highest BCUT2D eigenvalue weighted by Crippen LogP contribution is 2.32. The number of fused-ring (bicyclic) bond motifs is 1. The van der Waals surface area contributed by atoms with Crippen molar-refractivity contribution in [2.24, 2.45) is 0 Å². The maximum absolute atomic E-state index is 13.0. The summed E-state index contributed by atoms with van der Waals surface area (Å²) in [5.41, 5.74) is 0.836. The first-order chi connectivity index (χ1) is 14.8. The Balaban J connectivity index is 1.35. The summed E-state index contributed by atoms with van der Waals surface area (Å²) >= 11 is 0. The van der Waals surface area contributed by atoms with E-state index in [0.29, 0.717) is 50.4 Å². The van der Waals surface area contributed by atoms with Crippen molar-refractivity contribution in [3.63, 3.8) is 0 Å². The number of hydrogen-bond acceptors (Lipinski definition) is 5. The number of sulfonamides is 1. The SMILES string of the molecule is CC(NC(=O)CCCCCNS(=O)(=O)c1ccc2c(c1)OCCO2)c1ccc(F)cc1. The number of unbranched alkanes of at least 4 members (excludes halogenated alkanes) is 2. The van der Waals surface area contributed by atoms with Crippen LogP contribution in [0.15, 0.2) is 47.4 Å². The van der Waals surface area contributed by atoms with Crippen molar-refractivity contribution >= 4 is 15.9 Å². The highest BCUT2D eigenvalue weighted by molar-refractivity contribution is 7.89. The molecule has 1 aliphatic rings. The maximum atomic E-state index is 13.0. The van der Waals surface area contributed by atoms with Crippen molar-refractivity contribution in [3.8, 4) is 11.5 Å². The van der Waals surface area contributed by atoms with Gasteiger partial charge in [0.05, 0.1) is 10.9 Å². The van der Waals surface area contributed by atoms with Crippen LogP contribution in [-0.2, 0) is 14.8 Å². The van der Waals surface area contributed by atoms with Crippen molar-refractivity contribution in [1.82, 2.24) is 10.0 Å². The van der Waals surface area contributed by atoms with Crippen LogP contribution in [0.5, 0.6) is 11.5 Å². The lowest BCUT2D eigenvalue weighted by Gasteiger charge is -2.18. The number of benzene rings is 2. The molecule has 0 bridgehead atoms. The number of nitrogens with one attached hydrogen (secondary N) is 2. The summed E-state index contributed by atoms with van der Waals surface area (Å²) in [4.78, 5) is 12.2. The largest absolute Gasteiger partial charge is 0.486 e. The molecule has 0 aliphatic carbocycles. The molecular formula is C22H27FN2O5S. The van der Waals surface area contributed by atoms with Gasteiger partial charge in [-0.15, -0.1) is 0 Å². The van der Waals surface area contributed by atoms with Gasteiger partial charge < -0.3 is 14.8 Å². The maximum Gasteiger partial charge on any atom is 0.240 e. The topological polar surface area (TPSA) is 93.7 Å². The number of rotatable bonds is 10. The Morgan fingerprint density at radius 1 is 1.03 bits per heavy atom. The minimum atomic E-state index is -3.64. The fraction of sp³-hybridized carbons (Fsp3) is 0.409. The molecule has 1 atom stereocenters. The minimum Gasteiger partial charge on any atom is -0.486 e. The Morgan fingerprint density at radius 2 is 1.74 bits per heavy atom. The van der Waals surface area contributed by atoms with E-state index in [0.717, 1.165) is 5.56 Å². The van der Waals surface area contributed by atoms with E-state index >= 15 is 0 Å². The second-order valence-corrected chi connectivity index (χ2v) is 9.12. The molecule has 9 heteroatoms. The smallest absolute Gasteiger partial charge is 0.240 e. The van der Waals surface area contributed by atoms with Gasteiger partial charge in [0, 0.05) is 19.0 Å². The number of ether oxygens (including phenoxy) is 2. The molecule has 7 nitrogen and oxygen atoms in total. The molecule has 1 aliphatic heterocycles. The molecule has 1 heterocycles. The molecule has 0 saturated carbocycles. The van der Waals surface area contributed by atoms with Crippen LogP contribution in [0.25, 0.3) is 0 Å². The molecule has 0 spiro atoms. The average Bonchev–Trinajstić information content (AvgIpc) is 2.76. The lowest BCUT2D eigenvalue weighted by molar-refractivity contribution is -0.121. The zero-order valence-corrected chi connectivity index (χ0v) is 18.2. The van der Waals surface area contributed by atoms with E-state index in [1.807, 2.05) is 6.92 Å². The van der Waals surface area contributed by atoms with E-state index < -0.39 is 10.0 Å². The fourth-order valence-electron chi connectivity index (χ4n) is 3.22. The average molecular weight is 451 g/mol. The first-order valence-electron chi connectivity index (χ1n) is 10.3. The molecule has 1 amide bonds. The van der Waals surface area contributed by atoms with E-state index in [1.54, 1.807) is 18.2 Å². The number of amides is 1. The van der Waals surface area contributed by atoms with Gasteiger partial charge in [-0.05, 0) is 49.6 Å². The quantitative estimate of drug-likeness (QED) is 0.542. The van der Waals surface area contributed by atoms with Crippen molar-refractivity contribution < 1.29 is 27.1 Å². The van der Waals surface area contributed by atoms with Crippen LogP contribution >= 0.6 is 0 Å². The van der Waals surface area contributed by atoms with E-state index in [9.17, 15) is 17.6 Å². The molecule has 2 aromatic rings. The normalized spacial score (nSPS) is 14.1. The van der Waals surface area contributed by atoms with Gasteiger partial charge in [0.2, 0.25) is 15.9 Å². The second kappa shape index (κ2) is 10.6. The highest BCUT2D eigenvalue weighted by atomic mass is 32.2. The summed E-state index contributed by atoms with van der Waals surface area (Å²) in [5.74, 6) is 0.563. The fourth-order valence-corrected chi connectivity index (χ4v) is 4.31. The molecule has 0 aromatic heterocycles. The molecule has 0 saturated heterocycles. The van der Waals surface area contributed by atoms with Crippen LogP contribution in [-0.4, -0.2) is 34.1 Å². The summed E-state index contributed by atoms with van der Waals surface area (Å²) in [6, 6.07) is 10.4. The van der Waals surface area contributed by atoms with Crippen LogP contribution in [0.4, 0.5) is 4.39 Å². The number of carbonyl (C=O) groups excluding carboxylic acids is 1. The van der Waals surface area contributed by atoms with Gasteiger partial charge in [-0.25, -0.2) is 17.5 Å². The Labute approximate surface area is 182 Å². The van der Waals surface area contributed by atoms with Gasteiger partial charge in [0.1, 0.15) is 19.0 Å². The molecule has 2 aromatic carbocycles. The highest BCUT2D eigenvalue weighted by Gasteiger charge is 2.19. The predicted molar refractivity (Wildman–Crippen MR) is 114 cm³/mol. The van der Waals surface area contributed by atoms with Gasteiger partial charge in [0.15, 0.2) is 11.5 Å². The first-order valence-corrected chi connectivity index (χ1v) is 11.8. The minimum absolute atomic E-state index is 0.0892. The lowest BCUT2D eigenvalue weighted by Crippen LogP contribution is -2.26. The summed E-state index contributed by atoms with van der Waals surface area (Å²) in [7, 11) is -3.64. The van der Waals surface area contributed by atoms with Crippen molar-refractivity contribution in [3.05, 3.63) is 53.8 Å². The molecule has 3 rings (SSSR count).